The van der Waals surface area contributed by atoms with Crippen LogP contribution in [-0.4, -0.2) is 29.3 Å². The molecule has 2 atom stereocenters. The summed E-state index contributed by atoms with van der Waals surface area (Å²) >= 11 is 2.25. The van der Waals surface area contributed by atoms with Crippen molar-refractivity contribution in [1.82, 2.24) is 4.90 Å². The summed E-state index contributed by atoms with van der Waals surface area (Å²) < 4.78 is 1.15. The normalized spacial score (nSPS) is 16.9. The Morgan fingerprint density at radius 1 is 1.35 bits per heavy atom. The fourth-order valence-corrected chi connectivity index (χ4v) is 2.26. The van der Waals surface area contributed by atoms with E-state index in [0.29, 0.717) is 6.42 Å². The standard InChI is InChI=1S/C13H21IN2O/c1-4-13(15,16(3)5-2)12(17)10-6-8-11(14)9-7-10/h6-9,12,17H,4-5,15H2,1-3H3. The second-order valence-electron chi connectivity index (χ2n) is 4.31. The number of likely N-dealkylation sites (N-methyl/N-ethyl adjacent to an activating group) is 1. The van der Waals surface area contributed by atoms with Gasteiger partial charge in [0.15, 0.2) is 0 Å². The molecule has 0 saturated heterocycles. The van der Waals surface area contributed by atoms with Crippen molar-refractivity contribution < 1.29 is 5.11 Å². The predicted molar refractivity (Wildman–Crippen MR) is 79.6 cm³/mol. The second-order valence-corrected chi connectivity index (χ2v) is 5.56. The number of benzene rings is 1. The number of hydrogen-bond acceptors (Lipinski definition) is 3. The lowest BCUT2D eigenvalue weighted by atomic mass is 9.93. The van der Waals surface area contributed by atoms with E-state index in [1.54, 1.807) is 0 Å². The number of hydrogen-bond donors (Lipinski definition) is 2. The van der Waals surface area contributed by atoms with Crippen molar-refractivity contribution in [3.8, 4) is 0 Å². The molecule has 0 saturated carbocycles. The van der Waals surface area contributed by atoms with Crippen molar-refractivity contribution in [1.29, 1.82) is 0 Å². The first-order valence-corrected chi connectivity index (χ1v) is 6.97. The highest BCUT2D eigenvalue weighted by Gasteiger charge is 2.36. The topological polar surface area (TPSA) is 49.5 Å². The number of rotatable bonds is 5. The minimum absolute atomic E-state index is 0.672. The van der Waals surface area contributed by atoms with Crippen molar-refractivity contribution in [2.45, 2.75) is 32.0 Å². The molecule has 0 amide bonds. The molecule has 17 heavy (non-hydrogen) atoms. The fourth-order valence-electron chi connectivity index (χ4n) is 1.90. The summed E-state index contributed by atoms with van der Waals surface area (Å²) in [4.78, 5) is 2.00. The molecule has 1 rings (SSSR count). The number of nitrogens with zero attached hydrogens (tertiary/aromatic N) is 1. The van der Waals surface area contributed by atoms with Gasteiger partial charge >= 0.3 is 0 Å². The van der Waals surface area contributed by atoms with Crippen LogP contribution >= 0.6 is 22.6 Å². The molecule has 0 aliphatic heterocycles. The third-order valence-electron chi connectivity index (χ3n) is 3.41. The van der Waals surface area contributed by atoms with Crippen LogP contribution in [0.1, 0.15) is 31.9 Å². The van der Waals surface area contributed by atoms with Crippen LogP contribution in [0.15, 0.2) is 24.3 Å². The van der Waals surface area contributed by atoms with Crippen molar-refractivity contribution in [3.05, 3.63) is 33.4 Å². The second kappa shape index (κ2) is 6.13. The first kappa shape index (κ1) is 14.9. The van der Waals surface area contributed by atoms with Gasteiger partial charge in [0.25, 0.3) is 0 Å². The Morgan fingerprint density at radius 2 is 1.88 bits per heavy atom. The van der Waals surface area contributed by atoms with Crippen LogP contribution in [0.3, 0.4) is 0 Å². The van der Waals surface area contributed by atoms with E-state index >= 15 is 0 Å². The zero-order chi connectivity index (χ0) is 13.1. The average molecular weight is 348 g/mol. The molecule has 2 unspecified atom stereocenters. The molecular weight excluding hydrogens is 327 g/mol. The van der Waals surface area contributed by atoms with E-state index in [-0.39, 0.29) is 0 Å². The van der Waals surface area contributed by atoms with Crippen LogP contribution in [0.25, 0.3) is 0 Å². The summed E-state index contributed by atoms with van der Waals surface area (Å²) in [6.45, 7) is 4.85. The number of aliphatic hydroxyl groups excluding tert-OH is 1. The van der Waals surface area contributed by atoms with E-state index in [1.165, 1.54) is 0 Å². The zero-order valence-electron chi connectivity index (χ0n) is 10.7. The van der Waals surface area contributed by atoms with Crippen LogP contribution in [0.2, 0.25) is 0 Å². The van der Waals surface area contributed by atoms with Crippen molar-refractivity contribution >= 4 is 22.6 Å². The lowest BCUT2D eigenvalue weighted by Gasteiger charge is -2.41. The van der Waals surface area contributed by atoms with Gasteiger partial charge in [-0.3, -0.25) is 4.90 Å². The minimum atomic E-state index is -0.707. The fraction of sp³-hybridized carbons (Fsp3) is 0.538. The molecular formula is C13H21IN2O. The average Bonchev–Trinajstić information content (AvgIpc) is 2.36. The predicted octanol–water partition coefficient (Wildman–Crippen LogP) is 2.34. The molecule has 0 aromatic heterocycles. The first-order chi connectivity index (χ1) is 7.95. The van der Waals surface area contributed by atoms with Crippen molar-refractivity contribution in [3.63, 3.8) is 0 Å². The third-order valence-corrected chi connectivity index (χ3v) is 4.13. The first-order valence-electron chi connectivity index (χ1n) is 5.89. The van der Waals surface area contributed by atoms with Gasteiger partial charge in [0.05, 0.1) is 5.66 Å². The summed E-state index contributed by atoms with van der Waals surface area (Å²) in [6.07, 6.45) is 0.0271. The van der Waals surface area contributed by atoms with E-state index in [4.69, 9.17) is 5.73 Å². The van der Waals surface area contributed by atoms with E-state index in [2.05, 4.69) is 22.6 Å². The van der Waals surface area contributed by atoms with Gasteiger partial charge < -0.3 is 10.8 Å². The molecule has 1 aromatic rings. The number of halogens is 1. The highest BCUT2D eigenvalue weighted by Crippen LogP contribution is 2.29. The third kappa shape index (κ3) is 3.19. The van der Waals surface area contributed by atoms with E-state index in [9.17, 15) is 5.11 Å². The number of nitrogens with two attached hydrogens (primary N) is 1. The van der Waals surface area contributed by atoms with Crippen LogP contribution in [0.5, 0.6) is 0 Å². The quantitative estimate of drug-likeness (QED) is 0.634. The summed E-state index contributed by atoms with van der Waals surface area (Å²) in [5.74, 6) is 0. The summed E-state index contributed by atoms with van der Waals surface area (Å²) in [6, 6.07) is 7.85. The lowest BCUT2D eigenvalue weighted by molar-refractivity contribution is -0.0187. The van der Waals surface area contributed by atoms with Gasteiger partial charge in [-0.05, 0) is 60.3 Å². The Morgan fingerprint density at radius 3 is 2.29 bits per heavy atom. The van der Waals surface area contributed by atoms with Gasteiger partial charge in [0.1, 0.15) is 6.10 Å². The zero-order valence-corrected chi connectivity index (χ0v) is 12.8. The van der Waals surface area contributed by atoms with Gasteiger partial charge in [-0.2, -0.15) is 0 Å². The van der Waals surface area contributed by atoms with Gasteiger partial charge in [-0.25, -0.2) is 0 Å². The molecule has 0 spiro atoms. The Balaban J connectivity index is 3.00. The maximum atomic E-state index is 10.5. The van der Waals surface area contributed by atoms with E-state index in [0.717, 1.165) is 15.7 Å². The monoisotopic (exact) mass is 348 g/mol. The van der Waals surface area contributed by atoms with Crippen LogP contribution in [-0.2, 0) is 0 Å². The summed E-state index contributed by atoms with van der Waals surface area (Å²) in [7, 11) is 1.94. The molecule has 0 radical (unpaired) electrons. The largest absolute Gasteiger partial charge is 0.385 e. The molecule has 0 fully saturated rings. The molecule has 4 heteroatoms. The van der Waals surface area contributed by atoms with Gasteiger partial charge in [-0.15, -0.1) is 0 Å². The lowest BCUT2D eigenvalue weighted by Crippen LogP contribution is -2.58. The van der Waals surface area contributed by atoms with Crippen LogP contribution in [0, 0.1) is 3.57 Å². The molecule has 3 nitrogen and oxygen atoms in total. The molecule has 96 valence electrons. The SMILES string of the molecule is CCN(C)C(N)(CC)C(O)c1ccc(I)cc1. The summed E-state index contributed by atoms with van der Waals surface area (Å²) in [5.41, 5.74) is 6.50. The van der Waals surface area contributed by atoms with Crippen molar-refractivity contribution in [2.24, 2.45) is 5.73 Å². The smallest absolute Gasteiger partial charge is 0.110 e. The molecule has 3 N–H and O–H groups in total. The minimum Gasteiger partial charge on any atom is -0.385 e. The Bertz CT molecular complexity index is 355. The number of aliphatic hydroxyl groups is 1. The molecule has 0 heterocycles. The molecule has 0 bridgehead atoms. The molecule has 0 aliphatic carbocycles. The highest BCUT2D eigenvalue weighted by atomic mass is 127. The van der Waals surface area contributed by atoms with Crippen LogP contribution in [0.4, 0.5) is 0 Å². The Hall–Kier alpha value is -0.170. The summed E-state index contributed by atoms with van der Waals surface area (Å²) in [5, 5.41) is 10.5. The van der Waals surface area contributed by atoms with Crippen LogP contribution < -0.4 is 5.73 Å². The van der Waals surface area contributed by atoms with E-state index < -0.39 is 11.8 Å². The maximum absolute atomic E-state index is 10.5. The van der Waals surface area contributed by atoms with Gasteiger partial charge in [-0.1, -0.05) is 26.0 Å². The van der Waals surface area contributed by atoms with Gasteiger partial charge in [0, 0.05) is 3.57 Å². The molecule has 0 aliphatic rings. The highest BCUT2D eigenvalue weighted by molar-refractivity contribution is 14.1. The molecule has 1 aromatic carbocycles. The maximum Gasteiger partial charge on any atom is 0.110 e. The van der Waals surface area contributed by atoms with E-state index in [1.807, 2.05) is 50.1 Å². The Kier molecular flexibility index (Phi) is 5.37. The van der Waals surface area contributed by atoms with Crippen molar-refractivity contribution in [2.75, 3.05) is 13.6 Å². The van der Waals surface area contributed by atoms with Gasteiger partial charge in [0.2, 0.25) is 0 Å². The Labute approximate surface area is 117 Å².